The Morgan fingerprint density at radius 1 is 0.909 bits per heavy atom. The van der Waals surface area contributed by atoms with Crippen molar-refractivity contribution in [1.29, 1.82) is 0 Å². The van der Waals surface area contributed by atoms with Crippen LogP contribution in [0.1, 0.15) is 0 Å². The lowest BCUT2D eigenvalue weighted by Gasteiger charge is -2.12. The minimum absolute atomic E-state index is 0.177. The number of hydrogen-bond acceptors (Lipinski definition) is 4. The molecule has 0 aliphatic rings. The molecule has 0 spiro atoms. The van der Waals surface area contributed by atoms with Crippen LogP contribution in [0.25, 0.3) is 32.5 Å². The summed E-state index contributed by atoms with van der Waals surface area (Å²) in [7, 11) is 0. The Morgan fingerprint density at radius 2 is 1.61 bits per heavy atom. The number of carbonyl (C=O) groups excluding carboxylic acids is 1. The van der Waals surface area contributed by atoms with Gasteiger partial charge >= 0.3 is 0 Å². The SMILES string of the molecule is O=C(Cn1cnc2scc(-c3ccc(F)cc3)c2c1=O)Nc1ccccc1-c1ccccc1. The Labute approximate surface area is 192 Å². The van der Waals surface area contributed by atoms with Crippen molar-refractivity contribution >= 4 is 33.1 Å². The lowest BCUT2D eigenvalue weighted by molar-refractivity contribution is -0.116. The first-order valence-electron chi connectivity index (χ1n) is 10.3. The molecule has 5 aromatic rings. The topological polar surface area (TPSA) is 64.0 Å². The summed E-state index contributed by atoms with van der Waals surface area (Å²) in [5, 5.41) is 5.16. The Balaban J connectivity index is 1.44. The molecule has 0 fully saturated rings. The normalized spacial score (nSPS) is 10.9. The first-order valence-corrected chi connectivity index (χ1v) is 11.1. The van der Waals surface area contributed by atoms with Gasteiger partial charge in [-0.2, -0.15) is 0 Å². The van der Waals surface area contributed by atoms with Crippen LogP contribution in [-0.2, 0) is 11.3 Å². The molecule has 0 saturated heterocycles. The smallest absolute Gasteiger partial charge is 0.263 e. The van der Waals surface area contributed by atoms with Crippen LogP contribution in [0.2, 0.25) is 0 Å². The number of halogens is 1. The van der Waals surface area contributed by atoms with Crippen molar-refractivity contribution in [3.8, 4) is 22.3 Å². The van der Waals surface area contributed by atoms with Crippen molar-refractivity contribution in [2.45, 2.75) is 6.54 Å². The van der Waals surface area contributed by atoms with Crippen LogP contribution < -0.4 is 10.9 Å². The molecule has 5 nitrogen and oxygen atoms in total. The van der Waals surface area contributed by atoms with Gasteiger partial charge in [0, 0.05) is 22.2 Å². The molecule has 162 valence electrons. The van der Waals surface area contributed by atoms with Crippen molar-refractivity contribution in [1.82, 2.24) is 9.55 Å². The van der Waals surface area contributed by atoms with E-state index in [-0.39, 0.29) is 23.8 Å². The third-order valence-electron chi connectivity index (χ3n) is 5.32. The molecule has 2 aromatic heterocycles. The van der Waals surface area contributed by atoms with E-state index in [0.717, 1.165) is 16.7 Å². The van der Waals surface area contributed by atoms with Crippen LogP contribution >= 0.6 is 11.3 Å². The van der Waals surface area contributed by atoms with E-state index in [1.807, 2.05) is 60.0 Å². The van der Waals surface area contributed by atoms with Gasteiger partial charge in [0.15, 0.2) is 0 Å². The van der Waals surface area contributed by atoms with Crippen molar-refractivity contribution < 1.29 is 9.18 Å². The van der Waals surface area contributed by atoms with Gasteiger partial charge < -0.3 is 5.32 Å². The Morgan fingerprint density at radius 3 is 2.39 bits per heavy atom. The highest BCUT2D eigenvalue weighted by Crippen LogP contribution is 2.31. The predicted octanol–water partition coefficient (Wildman–Crippen LogP) is 5.57. The molecule has 0 bridgehead atoms. The van der Waals surface area contributed by atoms with Crippen LogP contribution in [0.3, 0.4) is 0 Å². The zero-order valence-electron chi connectivity index (χ0n) is 17.4. The summed E-state index contributed by atoms with van der Waals surface area (Å²) in [5.74, 6) is -0.679. The molecular weight excluding hydrogens is 437 g/mol. The van der Waals surface area contributed by atoms with E-state index in [1.54, 1.807) is 12.1 Å². The van der Waals surface area contributed by atoms with Crippen molar-refractivity contribution in [3.63, 3.8) is 0 Å². The third kappa shape index (κ3) is 4.18. The second-order valence-corrected chi connectivity index (χ2v) is 8.33. The molecular formula is C26H18FN3O2S. The summed E-state index contributed by atoms with van der Waals surface area (Å²) in [6.07, 6.45) is 1.39. The molecule has 1 amide bonds. The first-order chi connectivity index (χ1) is 16.1. The van der Waals surface area contributed by atoms with Gasteiger partial charge in [-0.15, -0.1) is 11.3 Å². The number of para-hydroxylation sites is 1. The number of aromatic nitrogens is 2. The minimum Gasteiger partial charge on any atom is -0.324 e. The third-order valence-corrected chi connectivity index (χ3v) is 6.20. The average Bonchev–Trinajstić information content (AvgIpc) is 3.27. The van der Waals surface area contributed by atoms with E-state index in [1.165, 1.54) is 34.4 Å². The highest BCUT2D eigenvalue weighted by Gasteiger charge is 2.15. The van der Waals surface area contributed by atoms with E-state index in [4.69, 9.17) is 0 Å². The van der Waals surface area contributed by atoms with Crippen molar-refractivity contribution in [2.24, 2.45) is 0 Å². The molecule has 0 radical (unpaired) electrons. The molecule has 0 atom stereocenters. The Hall–Kier alpha value is -4.10. The zero-order chi connectivity index (χ0) is 22.8. The molecule has 33 heavy (non-hydrogen) atoms. The number of amides is 1. The van der Waals surface area contributed by atoms with Crippen molar-refractivity contribution in [3.05, 3.63) is 107 Å². The van der Waals surface area contributed by atoms with Gasteiger partial charge in [0.05, 0.1) is 11.7 Å². The number of anilines is 1. The molecule has 0 aliphatic heterocycles. The van der Waals surface area contributed by atoms with Gasteiger partial charge in [0.1, 0.15) is 17.2 Å². The summed E-state index contributed by atoms with van der Waals surface area (Å²) < 4.78 is 14.6. The molecule has 0 aliphatic carbocycles. The predicted molar refractivity (Wildman–Crippen MR) is 130 cm³/mol. The number of fused-ring (bicyclic) bond motifs is 1. The Bertz CT molecular complexity index is 1510. The van der Waals surface area contributed by atoms with Crippen molar-refractivity contribution in [2.75, 3.05) is 5.32 Å². The first kappa shape index (κ1) is 20.8. The number of nitrogens with one attached hydrogen (secondary N) is 1. The Kier molecular flexibility index (Phi) is 5.54. The second-order valence-electron chi connectivity index (χ2n) is 7.47. The molecule has 1 N–H and O–H groups in total. The monoisotopic (exact) mass is 455 g/mol. The molecule has 7 heteroatoms. The number of thiophene rings is 1. The average molecular weight is 456 g/mol. The number of rotatable bonds is 5. The summed E-state index contributed by atoms with van der Waals surface area (Å²) in [6, 6.07) is 23.2. The minimum atomic E-state index is -0.346. The van der Waals surface area contributed by atoms with Gasteiger partial charge in [-0.1, -0.05) is 60.7 Å². The van der Waals surface area contributed by atoms with E-state index in [0.29, 0.717) is 21.5 Å². The highest BCUT2D eigenvalue weighted by molar-refractivity contribution is 7.17. The van der Waals surface area contributed by atoms with Gasteiger partial charge in [0.25, 0.3) is 5.56 Å². The van der Waals surface area contributed by atoms with Crippen LogP contribution in [0.5, 0.6) is 0 Å². The van der Waals surface area contributed by atoms with Crippen LogP contribution in [0, 0.1) is 5.82 Å². The summed E-state index contributed by atoms with van der Waals surface area (Å²) in [6.45, 7) is -0.177. The summed E-state index contributed by atoms with van der Waals surface area (Å²) in [4.78, 5) is 31.0. The summed E-state index contributed by atoms with van der Waals surface area (Å²) in [5.41, 5.74) is 3.63. The summed E-state index contributed by atoms with van der Waals surface area (Å²) >= 11 is 1.34. The number of benzene rings is 3. The maximum absolute atomic E-state index is 13.3. The lowest BCUT2D eigenvalue weighted by Crippen LogP contribution is -2.28. The van der Waals surface area contributed by atoms with E-state index >= 15 is 0 Å². The van der Waals surface area contributed by atoms with Crippen LogP contribution in [-0.4, -0.2) is 15.5 Å². The molecule has 0 saturated carbocycles. The number of nitrogens with zero attached hydrogens (tertiary/aromatic N) is 2. The number of carbonyl (C=O) groups is 1. The highest BCUT2D eigenvalue weighted by atomic mass is 32.1. The maximum Gasteiger partial charge on any atom is 0.263 e. The van der Waals surface area contributed by atoms with E-state index in [9.17, 15) is 14.0 Å². The molecule has 3 aromatic carbocycles. The molecule has 5 rings (SSSR count). The van der Waals surface area contributed by atoms with E-state index in [2.05, 4.69) is 10.3 Å². The molecule has 0 unspecified atom stereocenters. The lowest BCUT2D eigenvalue weighted by atomic mass is 10.0. The zero-order valence-corrected chi connectivity index (χ0v) is 18.2. The van der Waals surface area contributed by atoms with E-state index < -0.39 is 0 Å². The van der Waals surface area contributed by atoms with Gasteiger partial charge in [-0.25, -0.2) is 9.37 Å². The van der Waals surface area contributed by atoms with Crippen LogP contribution in [0.15, 0.2) is 95.4 Å². The van der Waals surface area contributed by atoms with Gasteiger partial charge in [0.2, 0.25) is 5.91 Å². The fraction of sp³-hybridized carbons (Fsp3) is 0.0385. The van der Waals surface area contributed by atoms with Gasteiger partial charge in [-0.05, 0) is 29.3 Å². The van der Waals surface area contributed by atoms with Gasteiger partial charge in [-0.3, -0.25) is 14.2 Å². The number of hydrogen-bond donors (Lipinski definition) is 1. The standard InChI is InChI=1S/C26H18FN3O2S/c27-19-12-10-18(11-13-19)21-15-33-25-24(21)26(32)30(16-28-25)14-23(31)29-22-9-5-4-8-20(22)17-6-2-1-3-7-17/h1-13,15-16H,14H2,(H,29,31). The maximum atomic E-state index is 13.3. The second kappa shape index (κ2) is 8.80. The fourth-order valence-electron chi connectivity index (χ4n) is 3.73. The fourth-order valence-corrected chi connectivity index (χ4v) is 4.63. The quantitative estimate of drug-likeness (QED) is 0.377. The largest absolute Gasteiger partial charge is 0.324 e. The van der Waals surface area contributed by atoms with Crippen LogP contribution in [0.4, 0.5) is 10.1 Å². The molecule has 2 heterocycles.